The number of nitrogens with zero attached hydrogens (tertiary/aromatic N) is 3. The third-order valence-corrected chi connectivity index (χ3v) is 4.23. The number of nitro benzene ring substituents is 1. The lowest BCUT2D eigenvalue weighted by molar-refractivity contribution is -0.386. The van der Waals surface area contributed by atoms with Crippen molar-refractivity contribution in [2.45, 2.75) is 13.8 Å². The van der Waals surface area contributed by atoms with Gasteiger partial charge in [-0.15, -0.1) is 4.73 Å². The number of aromatic hydroxyl groups is 2. The minimum absolute atomic E-state index is 0.0473. The van der Waals surface area contributed by atoms with Crippen molar-refractivity contribution < 1.29 is 34.6 Å². The van der Waals surface area contributed by atoms with Crippen LogP contribution in [0.15, 0.2) is 21.5 Å². The predicted molar refractivity (Wildman–Crippen MR) is 91.4 cm³/mol. The minimum atomic E-state index is -0.849. The van der Waals surface area contributed by atoms with Crippen molar-refractivity contribution in [1.82, 2.24) is 9.89 Å². The van der Waals surface area contributed by atoms with E-state index in [1.54, 1.807) is 0 Å². The number of methoxy groups -OCH3 is 1. The molecule has 1 aromatic carbocycles. The second-order valence-electron chi connectivity index (χ2n) is 5.84. The van der Waals surface area contributed by atoms with Crippen LogP contribution in [0.4, 0.5) is 5.69 Å². The third kappa shape index (κ3) is 2.76. The molecule has 2 heterocycles. The molecule has 0 aliphatic rings. The Bertz CT molecular complexity index is 1160. The Morgan fingerprint density at radius 3 is 2.57 bits per heavy atom. The number of nitrogens with one attached hydrogen (secondary N) is 1. The van der Waals surface area contributed by atoms with E-state index in [4.69, 9.17) is 9.26 Å². The summed E-state index contributed by atoms with van der Waals surface area (Å²) in [5, 5.41) is 44.6. The summed E-state index contributed by atoms with van der Waals surface area (Å²) in [4.78, 5) is 25.4. The first-order valence-electron chi connectivity index (χ1n) is 7.76. The van der Waals surface area contributed by atoms with Gasteiger partial charge in [-0.1, -0.05) is 0 Å². The Morgan fingerprint density at radius 2 is 1.96 bits per heavy atom. The molecule has 0 radical (unpaired) electrons. The van der Waals surface area contributed by atoms with E-state index < -0.39 is 21.9 Å². The average molecular weight is 391 g/mol. The van der Waals surface area contributed by atoms with Gasteiger partial charge in [-0.2, -0.15) is 4.98 Å². The van der Waals surface area contributed by atoms with Crippen molar-refractivity contribution >= 4 is 5.69 Å². The molecule has 146 valence electrons. The summed E-state index contributed by atoms with van der Waals surface area (Å²) in [6.45, 7) is 2.81. The van der Waals surface area contributed by atoms with Crippen LogP contribution in [-0.4, -0.2) is 37.3 Å². The van der Waals surface area contributed by atoms with Crippen molar-refractivity contribution in [3.05, 3.63) is 43.9 Å². The average Bonchev–Trinajstić information content (AvgIpc) is 3.14. The van der Waals surface area contributed by atoms with E-state index in [-0.39, 0.29) is 50.3 Å². The number of aromatic nitrogens is 3. The quantitative estimate of drug-likeness (QED) is 0.335. The van der Waals surface area contributed by atoms with Gasteiger partial charge < -0.3 is 20.2 Å². The first kappa shape index (κ1) is 18.7. The minimum Gasteiger partial charge on any atom is -0.506 e. The summed E-state index contributed by atoms with van der Waals surface area (Å²) >= 11 is 0. The molecule has 0 fully saturated rings. The van der Waals surface area contributed by atoms with Crippen LogP contribution < -0.4 is 15.3 Å². The van der Waals surface area contributed by atoms with Crippen molar-refractivity contribution in [2.75, 3.05) is 7.11 Å². The molecule has 3 rings (SSSR count). The Morgan fingerprint density at radius 1 is 1.29 bits per heavy atom. The van der Waals surface area contributed by atoms with Crippen molar-refractivity contribution in [2.24, 2.45) is 0 Å². The molecular formula is C16H15N4O8+. The van der Waals surface area contributed by atoms with Crippen LogP contribution in [0, 0.1) is 24.0 Å². The van der Waals surface area contributed by atoms with Gasteiger partial charge in [-0.05, 0) is 19.9 Å². The maximum Gasteiger partial charge on any atom is 0.384 e. The fourth-order valence-corrected chi connectivity index (χ4v) is 2.68. The largest absolute Gasteiger partial charge is 0.506 e. The zero-order valence-corrected chi connectivity index (χ0v) is 14.9. The molecule has 2 aromatic heterocycles. The number of pyridine rings is 1. The number of H-pyrrole nitrogens is 1. The van der Waals surface area contributed by atoms with Crippen LogP contribution in [-0.2, 0) is 0 Å². The number of ether oxygens (including phenoxy) is 1. The molecule has 0 saturated carbocycles. The number of phenols is 1. The Kier molecular flexibility index (Phi) is 4.39. The molecule has 12 nitrogen and oxygen atoms in total. The molecule has 4 N–H and O–H groups in total. The molecule has 28 heavy (non-hydrogen) atoms. The van der Waals surface area contributed by atoms with Gasteiger partial charge in [-0.3, -0.25) is 14.9 Å². The number of hydrogen-bond donors (Lipinski definition) is 3. The molecule has 0 atom stereocenters. The topological polar surface area (TPSA) is 175 Å². The fourth-order valence-electron chi connectivity index (χ4n) is 2.68. The number of benzene rings is 1. The van der Waals surface area contributed by atoms with Gasteiger partial charge in [0.1, 0.15) is 11.3 Å². The summed E-state index contributed by atoms with van der Waals surface area (Å²) < 4.78 is 10.3. The Hall–Kier alpha value is -4.09. The lowest BCUT2D eigenvalue weighted by Crippen LogP contribution is -2.25. The van der Waals surface area contributed by atoms with Crippen LogP contribution in [0.25, 0.3) is 22.8 Å². The van der Waals surface area contributed by atoms with E-state index >= 15 is 0 Å². The molecule has 0 bridgehead atoms. The maximum absolute atomic E-state index is 12.4. The predicted octanol–water partition coefficient (Wildman–Crippen LogP) is 1.17. The number of hydrogen-bond acceptors (Lipinski definition) is 9. The third-order valence-electron chi connectivity index (χ3n) is 4.23. The zero-order chi connectivity index (χ0) is 20.7. The van der Waals surface area contributed by atoms with Gasteiger partial charge >= 0.3 is 17.4 Å². The molecule has 12 heteroatoms. The molecular weight excluding hydrogens is 376 g/mol. The summed E-state index contributed by atoms with van der Waals surface area (Å²) in [7, 11) is 1.22. The zero-order valence-electron chi connectivity index (χ0n) is 14.9. The van der Waals surface area contributed by atoms with Crippen molar-refractivity contribution in [1.29, 1.82) is 0 Å². The molecule has 0 spiro atoms. The molecule has 0 saturated heterocycles. The highest BCUT2D eigenvalue weighted by Gasteiger charge is 2.30. The maximum atomic E-state index is 12.4. The van der Waals surface area contributed by atoms with Crippen LogP contribution in [0.5, 0.6) is 17.2 Å². The van der Waals surface area contributed by atoms with Crippen molar-refractivity contribution in [3.8, 4) is 40.1 Å². The SMILES string of the molecule is COc1cc(-c2[nH+]c(-c3c(C)c(O)c(C)n(O)c3=O)no2)cc([N+](=O)[O-])c1O. The Balaban J connectivity index is 2.19. The molecule has 0 amide bonds. The van der Waals surface area contributed by atoms with E-state index in [9.17, 15) is 30.3 Å². The monoisotopic (exact) mass is 391 g/mol. The number of nitro groups is 1. The highest BCUT2D eigenvalue weighted by atomic mass is 16.6. The fraction of sp³-hybridized carbons (Fsp3) is 0.188. The molecule has 0 aliphatic heterocycles. The summed E-state index contributed by atoms with van der Waals surface area (Å²) in [5.41, 5.74) is -1.41. The van der Waals surface area contributed by atoms with Crippen molar-refractivity contribution in [3.63, 3.8) is 0 Å². The molecule has 0 aliphatic carbocycles. The molecule has 0 unspecified atom stereocenters. The second kappa shape index (κ2) is 6.57. The van der Waals surface area contributed by atoms with E-state index in [1.165, 1.54) is 27.0 Å². The van der Waals surface area contributed by atoms with Crippen LogP contribution in [0.1, 0.15) is 11.3 Å². The normalized spacial score (nSPS) is 10.8. The van der Waals surface area contributed by atoms with Crippen LogP contribution >= 0.6 is 0 Å². The standard InChI is InChI=1S/C16H14N4O8/c1-6-11(16(23)19(24)7(2)12(6)21)14-17-15(28-18-14)8-4-9(20(25)26)13(22)10(5-8)27-3/h4-5,21-22,24H,1-3H3/p+1. The van der Waals surface area contributed by atoms with Gasteiger partial charge in [0.15, 0.2) is 10.9 Å². The number of rotatable bonds is 4. The van der Waals surface area contributed by atoms with Gasteiger partial charge in [0.2, 0.25) is 5.75 Å². The highest BCUT2D eigenvalue weighted by Crippen LogP contribution is 2.39. The Labute approximate surface area is 156 Å². The van der Waals surface area contributed by atoms with Gasteiger partial charge in [0.25, 0.3) is 5.56 Å². The van der Waals surface area contributed by atoms with Gasteiger partial charge in [0, 0.05) is 11.6 Å². The first-order valence-corrected chi connectivity index (χ1v) is 7.76. The number of aromatic amines is 1. The highest BCUT2D eigenvalue weighted by molar-refractivity contribution is 5.67. The molecule has 3 aromatic rings. The van der Waals surface area contributed by atoms with Crippen LogP contribution in [0.2, 0.25) is 0 Å². The summed E-state index contributed by atoms with van der Waals surface area (Å²) in [5.74, 6) is -1.34. The smallest absolute Gasteiger partial charge is 0.384 e. The van der Waals surface area contributed by atoms with Gasteiger partial charge in [0.05, 0.1) is 23.3 Å². The van der Waals surface area contributed by atoms with E-state index in [0.29, 0.717) is 0 Å². The van der Waals surface area contributed by atoms with Gasteiger partial charge in [-0.25, -0.2) is 4.52 Å². The first-order chi connectivity index (χ1) is 13.2. The van der Waals surface area contributed by atoms with E-state index in [1.807, 2.05) is 0 Å². The van der Waals surface area contributed by atoms with Crippen LogP contribution in [0.3, 0.4) is 0 Å². The van der Waals surface area contributed by atoms with E-state index in [2.05, 4.69) is 10.1 Å². The van der Waals surface area contributed by atoms with E-state index in [0.717, 1.165) is 6.07 Å². The second-order valence-corrected chi connectivity index (χ2v) is 5.84. The summed E-state index contributed by atoms with van der Waals surface area (Å²) in [6, 6.07) is 2.30. The lowest BCUT2D eigenvalue weighted by atomic mass is 10.1. The lowest BCUT2D eigenvalue weighted by Gasteiger charge is -2.08. The summed E-state index contributed by atoms with van der Waals surface area (Å²) in [6.07, 6.45) is 0. The number of phenolic OH excluding ortho intramolecular Hbond substituents is 1.